The Bertz CT molecular complexity index is 823. The number of nitrogens with one attached hydrogen (secondary N) is 1. The molecule has 23 heavy (non-hydrogen) atoms. The van der Waals surface area contributed by atoms with Crippen molar-refractivity contribution < 1.29 is 4.52 Å². The van der Waals surface area contributed by atoms with Crippen LogP contribution in [0.2, 0.25) is 0 Å². The predicted molar refractivity (Wildman–Crippen MR) is 83.4 cm³/mol. The van der Waals surface area contributed by atoms with E-state index in [9.17, 15) is 0 Å². The SMILES string of the molecule is Cc1ccnc(-c2noc(CN3Cc4cn[nH]c4C(C)C3)n2)c1. The summed E-state index contributed by atoms with van der Waals surface area (Å²) in [5, 5.41) is 11.3. The van der Waals surface area contributed by atoms with Crippen LogP contribution in [0.25, 0.3) is 11.5 Å². The van der Waals surface area contributed by atoms with Crippen LogP contribution in [0.3, 0.4) is 0 Å². The van der Waals surface area contributed by atoms with Crippen LogP contribution < -0.4 is 0 Å². The van der Waals surface area contributed by atoms with E-state index in [2.05, 4.69) is 37.1 Å². The second kappa shape index (κ2) is 5.58. The fraction of sp³-hybridized carbons (Fsp3) is 0.375. The van der Waals surface area contributed by atoms with Crippen LogP contribution in [0, 0.1) is 6.92 Å². The van der Waals surface area contributed by atoms with E-state index < -0.39 is 0 Å². The lowest BCUT2D eigenvalue weighted by Gasteiger charge is -2.29. The Balaban J connectivity index is 1.50. The number of hydrogen-bond acceptors (Lipinski definition) is 6. The summed E-state index contributed by atoms with van der Waals surface area (Å²) in [5.41, 5.74) is 4.34. The first kappa shape index (κ1) is 14.1. The maximum absolute atomic E-state index is 5.40. The summed E-state index contributed by atoms with van der Waals surface area (Å²) < 4.78 is 5.40. The number of pyridine rings is 1. The molecule has 0 aliphatic carbocycles. The summed E-state index contributed by atoms with van der Waals surface area (Å²) >= 11 is 0. The Morgan fingerprint density at radius 2 is 2.35 bits per heavy atom. The van der Waals surface area contributed by atoms with Gasteiger partial charge in [-0.1, -0.05) is 12.1 Å². The lowest BCUT2D eigenvalue weighted by molar-refractivity contribution is 0.195. The number of fused-ring (bicyclic) bond motifs is 1. The van der Waals surface area contributed by atoms with Gasteiger partial charge < -0.3 is 4.52 Å². The zero-order chi connectivity index (χ0) is 15.8. The molecular formula is C16H18N6O. The molecule has 0 spiro atoms. The Morgan fingerprint density at radius 1 is 1.43 bits per heavy atom. The van der Waals surface area contributed by atoms with Crippen molar-refractivity contribution in [3.05, 3.63) is 47.2 Å². The fourth-order valence-corrected chi connectivity index (χ4v) is 3.05. The van der Waals surface area contributed by atoms with E-state index >= 15 is 0 Å². The third kappa shape index (κ3) is 2.75. The molecule has 0 fully saturated rings. The van der Waals surface area contributed by atoms with Gasteiger partial charge in [0.05, 0.1) is 12.7 Å². The molecule has 0 saturated carbocycles. The van der Waals surface area contributed by atoms with Gasteiger partial charge in [0.15, 0.2) is 0 Å². The fourth-order valence-electron chi connectivity index (χ4n) is 3.05. The second-order valence-corrected chi connectivity index (χ2v) is 6.11. The first-order chi connectivity index (χ1) is 11.2. The molecule has 7 heteroatoms. The standard InChI is InChI=1S/C16H18N6O/c1-10-3-4-17-13(5-10)16-19-14(23-21-16)9-22-7-11(2)15-12(8-22)6-18-20-15/h3-6,11H,7-9H2,1-2H3,(H,18,20). The molecular weight excluding hydrogens is 292 g/mol. The van der Waals surface area contributed by atoms with Gasteiger partial charge in [-0.2, -0.15) is 10.1 Å². The van der Waals surface area contributed by atoms with E-state index in [0.717, 1.165) is 24.3 Å². The third-order valence-electron chi connectivity index (χ3n) is 4.14. The minimum Gasteiger partial charge on any atom is -0.337 e. The molecule has 4 heterocycles. The van der Waals surface area contributed by atoms with Crippen molar-refractivity contribution >= 4 is 0 Å². The van der Waals surface area contributed by atoms with E-state index in [0.29, 0.717) is 24.2 Å². The number of aromatic amines is 1. The van der Waals surface area contributed by atoms with Crippen molar-refractivity contribution in [2.45, 2.75) is 32.9 Å². The van der Waals surface area contributed by atoms with Gasteiger partial charge in [-0.3, -0.25) is 15.0 Å². The normalized spacial score (nSPS) is 18.1. The lowest BCUT2D eigenvalue weighted by atomic mass is 9.99. The minimum absolute atomic E-state index is 0.419. The predicted octanol–water partition coefficient (Wildman–Crippen LogP) is 2.28. The summed E-state index contributed by atoms with van der Waals surface area (Å²) in [6.45, 7) is 6.63. The topological polar surface area (TPSA) is 83.7 Å². The monoisotopic (exact) mass is 310 g/mol. The molecule has 0 bridgehead atoms. The van der Waals surface area contributed by atoms with Crippen molar-refractivity contribution in [3.8, 4) is 11.5 Å². The van der Waals surface area contributed by atoms with Crippen molar-refractivity contribution in [1.29, 1.82) is 0 Å². The van der Waals surface area contributed by atoms with Crippen LogP contribution in [-0.2, 0) is 13.1 Å². The van der Waals surface area contributed by atoms with E-state index in [1.165, 1.54) is 11.3 Å². The lowest BCUT2D eigenvalue weighted by Crippen LogP contribution is -2.32. The second-order valence-electron chi connectivity index (χ2n) is 6.11. The van der Waals surface area contributed by atoms with Crippen molar-refractivity contribution in [1.82, 2.24) is 30.2 Å². The van der Waals surface area contributed by atoms with Crippen molar-refractivity contribution in [2.24, 2.45) is 0 Å². The smallest absolute Gasteiger partial charge is 0.241 e. The summed E-state index contributed by atoms with van der Waals surface area (Å²) in [7, 11) is 0. The third-order valence-corrected chi connectivity index (χ3v) is 4.14. The summed E-state index contributed by atoms with van der Waals surface area (Å²) in [4.78, 5) is 11.1. The van der Waals surface area contributed by atoms with Gasteiger partial charge in [0.2, 0.25) is 11.7 Å². The Kier molecular flexibility index (Phi) is 3.42. The molecule has 0 saturated heterocycles. The van der Waals surface area contributed by atoms with Gasteiger partial charge >= 0.3 is 0 Å². The molecule has 1 atom stereocenters. The summed E-state index contributed by atoms with van der Waals surface area (Å²) in [6, 6.07) is 3.90. The first-order valence-electron chi connectivity index (χ1n) is 7.69. The average molecular weight is 310 g/mol. The molecule has 4 rings (SSSR count). The molecule has 1 N–H and O–H groups in total. The molecule has 1 aliphatic rings. The minimum atomic E-state index is 0.419. The van der Waals surface area contributed by atoms with Gasteiger partial charge in [-0.05, 0) is 24.6 Å². The molecule has 3 aromatic rings. The number of H-pyrrole nitrogens is 1. The number of hydrogen-bond donors (Lipinski definition) is 1. The Hall–Kier alpha value is -2.54. The molecule has 1 unspecified atom stereocenters. The molecule has 0 aromatic carbocycles. The molecule has 0 amide bonds. The highest BCUT2D eigenvalue weighted by molar-refractivity contribution is 5.48. The average Bonchev–Trinajstić information content (AvgIpc) is 3.16. The van der Waals surface area contributed by atoms with Crippen LogP contribution >= 0.6 is 0 Å². The summed E-state index contributed by atoms with van der Waals surface area (Å²) in [6.07, 6.45) is 3.65. The largest absolute Gasteiger partial charge is 0.337 e. The zero-order valence-electron chi connectivity index (χ0n) is 13.2. The van der Waals surface area contributed by atoms with Crippen molar-refractivity contribution in [2.75, 3.05) is 6.54 Å². The van der Waals surface area contributed by atoms with Crippen LogP contribution in [0.15, 0.2) is 29.0 Å². The maximum Gasteiger partial charge on any atom is 0.241 e. The molecule has 0 radical (unpaired) electrons. The number of aryl methyl sites for hydroxylation is 1. The zero-order valence-corrected chi connectivity index (χ0v) is 13.2. The van der Waals surface area contributed by atoms with Crippen LogP contribution in [0.5, 0.6) is 0 Å². The Labute approximate surface area is 133 Å². The van der Waals surface area contributed by atoms with Gasteiger partial charge in [0, 0.05) is 36.5 Å². The van der Waals surface area contributed by atoms with Gasteiger partial charge in [0.25, 0.3) is 0 Å². The molecule has 118 valence electrons. The highest BCUT2D eigenvalue weighted by Crippen LogP contribution is 2.26. The Morgan fingerprint density at radius 3 is 3.22 bits per heavy atom. The number of rotatable bonds is 3. The van der Waals surface area contributed by atoms with E-state index in [-0.39, 0.29) is 0 Å². The van der Waals surface area contributed by atoms with E-state index in [1.807, 2.05) is 25.3 Å². The van der Waals surface area contributed by atoms with E-state index in [4.69, 9.17) is 4.52 Å². The van der Waals surface area contributed by atoms with Crippen LogP contribution in [0.4, 0.5) is 0 Å². The molecule has 3 aromatic heterocycles. The number of aromatic nitrogens is 5. The maximum atomic E-state index is 5.40. The highest BCUT2D eigenvalue weighted by Gasteiger charge is 2.25. The first-order valence-corrected chi connectivity index (χ1v) is 7.69. The number of nitrogens with zero attached hydrogens (tertiary/aromatic N) is 5. The van der Waals surface area contributed by atoms with Gasteiger partial charge in [-0.15, -0.1) is 0 Å². The van der Waals surface area contributed by atoms with Crippen LogP contribution in [-0.4, -0.2) is 36.8 Å². The van der Waals surface area contributed by atoms with Gasteiger partial charge in [-0.25, -0.2) is 0 Å². The molecule has 7 nitrogen and oxygen atoms in total. The highest BCUT2D eigenvalue weighted by atomic mass is 16.5. The quantitative estimate of drug-likeness (QED) is 0.799. The van der Waals surface area contributed by atoms with E-state index in [1.54, 1.807) is 6.20 Å². The summed E-state index contributed by atoms with van der Waals surface area (Å²) in [5.74, 6) is 1.57. The van der Waals surface area contributed by atoms with Gasteiger partial charge in [0.1, 0.15) is 5.69 Å². The van der Waals surface area contributed by atoms with Crippen molar-refractivity contribution in [3.63, 3.8) is 0 Å². The molecule has 1 aliphatic heterocycles. The van der Waals surface area contributed by atoms with Crippen LogP contribution in [0.1, 0.15) is 35.6 Å².